The van der Waals surface area contributed by atoms with E-state index in [0.29, 0.717) is 5.75 Å². The zero-order chi connectivity index (χ0) is 9.97. The maximum atomic E-state index is 9.36. The highest BCUT2D eigenvalue weighted by Gasteiger charge is 2.01. The highest BCUT2D eigenvalue weighted by Crippen LogP contribution is 2.27. The molecule has 2 rings (SSSR count). The lowest BCUT2D eigenvalue weighted by Crippen LogP contribution is -1.81. The lowest BCUT2D eigenvalue weighted by Gasteiger charge is -2.04. The molecule has 0 aliphatic rings. The minimum Gasteiger partial charge on any atom is -0.508 e. The number of halogens is 1. The number of rotatable bonds is 1. The van der Waals surface area contributed by atoms with Crippen LogP contribution in [0.15, 0.2) is 48.5 Å². The van der Waals surface area contributed by atoms with Crippen molar-refractivity contribution in [1.29, 1.82) is 0 Å². The van der Waals surface area contributed by atoms with Crippen molar-refractivity contribution < 1.29 is 5.11 Å². The van der Waals surface area contributed by atoms with Gasteiger partial charge in [0, 0.05) is 3.57 Å². The summed E-state index contributed by atoms with van der Waals surface area (Å²) in [5.41, 5.74) is 2.21. The first kappa shape index (κ1) is 9.52. The van der Waals surface area contributed by atoms with E-state index in [4.69, 9.17) is 0 Å². The Morgan fingerprint density at radius 2 is 1.71 bits per heavy atom. The van der Waals surface area contributed by atoms with Crippen molar-refractivity contribution in [3.05, 3.63) is 52.1 Å². The van der Waals surface area contributed by atoms with Crippen LogP contribution in [0.25, 0.3) is 11.1 Å². The Kier molecular flexibility index (Phi) is 2.72. The van der Waals surface area contributed by atoms with Gasteiger partial charge >= 0.3 is 0 Å². The van der Waals surface area contributed by atoms with Gasteiger partial charge < -0.3 is 5.11 Å². The van der Waals surface area contributed by atoms with Crippen LogP contribution < -0.4 is 0 Å². The Morgan fingerprint density at radius 3 is 2.43 bits per heavy atom. The van der Waals surface area contributed by atoms with Crippen LogP contribution in [0.4, 0.5) is 0 Å². The molecule has 0 radical (unpaired) electrons. The Labute approximate surface area is 96.5 Å². The SMILES string of the molecule is Oc1cccc(-c2ccccc2I)c1. The molecule has 0 amide bonds. The Bertz CT molecular complexity index is 452. The van der Waals surface area contributed by atoms with Crippen LogP contribution in [-0.4, -0.2) is 5.11 Å². The van der Waals surface area contributed by atoms with Crippen molar-refractivity contribution in [2.24, 2.45) is 0 Å². The number of hydrogen-bond donors (Lipinski definition) is 1. The van der Waals surface area contributed by atoms with Crippen molar-refractivity contribution in [2.45, 2.75) is 0 Å². The summed E-state index contributed by atoms with van der Waals surface area (Å²) < 4.78 is 1.19. The average Bonchev–Trinajstić information content (AvgIpc) is 2.18. The Balaban J connectivity index is 2.55. The minimum atomic E-state index is 0.308. The second-order valence-electron chi connectivity index (χ2n) is 3.03. The molecule has 2 aromatic rings. The summed E-state index contributed by atoms with van der Waals surface area (Å²) in [6.07, 6.45) is 0. The molecule has 0 aliphatic carbocycles. The molecule has 1 N–H and O–H groups in total. The first-order valence-electron chi connectivity index (χ1n) is 4.31. The quantitative estimate of drug-likeness (QED) is 0.796. The molecule has 2 heteroatoms. The molecule has 0 unspecified atom stereocenters. The molecule has 0 atom stereocenters. The van der Waals surface area contributed by atoms with E-state index in [2.05, 4.69) is 34.7 Å². The van der Waals surface area contributed by atoms with Gasteiger partial charge in [0.1, 0.15) is 5.75 Å². The number of phenolic OH excluding ortho intramolecular Hbond substituents is 1. The van der Waals surface area contributed by atoms with E-state index >= 15 is 0 Å². The van der Waals surface area contributed by atoms with Crippen LogP contribution in [0, 0.1) is 3.57 Å². The molecular formula is C12H9IO. The topological polar surface area (TPSA) is 20.2 Å². The first-order valence-corrected chi connectivity index (χ1v) is 5.39. The molecule has 0 spiro atoms. The van der Waals surface area contributed by atoms with Crippen molar-refractivity contribution >= 4 is 22.6 Å². The summed E-state index contributed by atoms with van der Waals surface area (Å²) in [6, 6.07) is 15.4. The van der Waals surface area contributed by atoms with Gasteiger partial charge in [-0.2, -0.15) is 0 Å². The van der Waals surface area contributed by atoms with Gasteiger partial charge in [0.15, 0.2) is 0 Å². The predicted molar refractivity (Wildman–Crippen MR) is 66.3 cm³/mol. The Morgan fingerprint density at radius 1 is 0.929 bits per heavy atom. The van der Waals surface area contributed by atoms with Crippen LogP contribution in [0.1, 0.15) is 0 Å². The summed E-state index contributed by atoms with van der Waals surface area (Å²) in [7, 11) is 0. The normalized spacial score (nSPS) is 10.1. The van der Waals surface area contributed by atoms with E-state index in [-0.39, 0.29) is 0 Å². The largest absolute Gasteiger partial charge is 0.508 e. The fourth-order valence-corrected chi connectivity index (χ4v) is 2.07. The Hall–Kier alpha value is -1.03. The van der Waals surface area contributed by atoms with Gasteiger partial charge in [-0.15, -0.1) is 0 Å². The van der Waals surface area contributed by atoms with Crippen LogP contribution in [-0.2, 0) is 0 Å². The zero-order valence-corrected chi connectivity index (χ0v) is 9.60. The molecule has 0 saturated carbocycles. The van der Waals surface area contributed by atoms with Gasteiger partial charge in [0.2, 0.25) is 0 Å². The van der Waals surface area contributed by atoms with Gasteiger partial charge in [-0.05, 0) is 51.9 Å². The van der Waals surface area contributed by atoms with Crippen LogP contribution in [0.5, 0.6) is 5.75 Å². The molecular weight excluding hydrogens is 287 g/mol. The number of benzene rings is 2. The maximum absolute atomic E-state index is 9.36. The summed E-state index contributed by atoms with van der Waals surface area (Å²) >= 11 is 2.29. The van der Waals surface area contributed by atoms with Gasteiger partial charge in [0.25, 0.3) is 0 Å². The van der Waals surface area contributed by atoms with E-state index in [1.54, 1.807) is 12.1 Å². The molecule has 2 aromatic carbocycles. The fourth-order valence-electron chi connectivity index (χ4n) is 1.37. The molecule has 14 heavy (non-hydrogen) atoms. The standard InChI is InChI=1S/C12H9IO/c13-12-7-2-1-6-11(12)9-4-3-5-10(14)8-9/h1-8,14H. The molecule has 0 heterocycles. The second kappa shape index (κ2) is 4.00. The highest BCUT2D eigenvalue weighted by atomic mass is 127. The molecule has 70 valence electrons. The van der Waals surface area contributed by atoms with Gasteiger partial charge in [0.05, 0.1) is 0 Å². The molecule has 0 fully saturated rings. The summed E-state index contributed by atoms with van der Waals surface area (Å²) in [6.45, 7) is 0. The smallest absolute Gasteiger partial charge is 0.116 e. The third-order valence-electron chi connectivity index (χ3n) is 2.03. The van der Waals surface area contributed by atoms with Crippen molar-refractivity contribution in [1.82, 2.24) is 0 Å². The molecule has 1 nitrogen and oxygen atoms in total. The third kappa shape index (κ3) is 1.90. The second-order valence-corrected chi connectivity index (χ2v) is 4.19. The monoisotopic (exact) mass is 296 g/mol. The molecule has 0 aromatic heterocycles. The fraction of sp³-hybridized carbons (Fsp3) is 0. The lowest BCUT2D eigenvalue weighted by atomic mass is 10.1. The van der Waals surface area contributed by atoms with Crippen LogP contribution >= 0.6 is 22.6 Å². The summed E-state index contributed by atoms with van der Waals surface area (Å²) in [4.78, 5) is 0. The molecule has 0 aliphatic heterocycles. The zero-order valence-electron chi connectivity index (χ0n) is 7.44. The maximum Gasteiger partial charge on any atom is 0.116 e. The van der Waals surface area contributed by atoms with E-state index in [1.807, 2.05) is 24.3 Å². The number of phenols is 1. The molecule has 0 saturated heterocycles. The highest BCUT2D eigenvalue weighted by molar-refractivity contribution is 14.1. The van der Waals surface area contributed by atoms with E-state index < -0.39 is 0 Å². The van der Waals surface area contributed by atoms with Crippen molar-refractivity contribution in [3.8, 4) is 16.9 Å². The third-order valence-corrected chi connectivity index (χ3v) is 2.97. The van der Waals surface area contributed by atoms with Gasteiger partial charge in [-0.1, -0.05) is 30.3 Å². The lowest BCUT2D eigenvalue weighted by molar-refractivity contribution is 0.475. The minimum absolute atomic E-state index is 0.308. The van der Waals surface area contributed by atoms with Crippen molar-refractivity contribution in [3.63, 3.8) is 0 Å². The van der Waals surface area contributed by atoms with Crippen LogP contribution in [0.2, 0.25) is 0 Å². The van der Waals surface area contributed by atoms with E-state index in [1.165, 1.54) is 3.57 Å². The number of hydrogen-bond acceptors (Lipinski definition) is 1. The van der Waals surface area contributed by atoms with Crippen molar-refractivity contribution in [2.75, 3.05) is 0 Å². The molecule has 0 bridgehead atoms. The summed E-state index contributed by atoms with van der Waals surface area (Å²) in [5, 5.41) is 9.36. The first-order chi connectivity index (χ1) is 6.77. The average molecular weight is 296 g/mol. The van der Waals surface area contributed by atoms with E-state index in [9.17, 15) is 5.11 Å². The van der Waals surface area contributed by atoms with Gasteiger partial charge in [-0.3, -0.25) is 0 Å². The summed E-state index contributed by atoms with van der Waals surface area (Å²) in [5.74, 6) is 0.308. The van der Waals surface area contributed by atoms with E-state index in [0.717, 1.165) is 11.1 Å². The number of aromatic hydroxyl groups is 1. The van der Waals surface area contributed by atoms with Gasteiger partial charge in [-0.25, -0.2) is 0 Å². The van der Waals surface area contributed by atoms with Crippen LogP contribution in [0.3, 0.4) is 0 Å². The predicted octanol–water partition coefficient (Wildman–Crippen LogP) is 3.66.